The van der Waals surface area contributed by atoms with E-state index in [1.165, 1.54) is 20.1 Å². The Morgan fingerprint density at radius 1 is 0.667 bits per heavy atom. The minimum atomic E-state index is -0.223. The largest absolute Gasteiger partial charge is 0.357 e. The van der Waals surface area contributed by atoms with Gasteiger partial charge in [0.05, 0.1) is 17.1 Å². The van der Waals surface area contributed by atoms with Crippen molar-refractivity contribution in [1.29, 1.82) is 0 Å². The van der Waals surface area contributed by atoms with Gasteiger partial charge in [-0.2, -0.15) is 0 Å². The molecule has 0 bridgehead atoms. The van der Waals surface area contributed by atoms with E-state index < -0.39 is 0 Å². The minimum Gasteiger partial charge on any atom is -0.357 e. The average Bonchev–Trinajstić information content (AvgIpc) is 3.03. The molecule has 0 radical (unpaired) electrons. The van der Waals surface area contributed by atoms with Crippen molar-refractivity contribution in [1.82, 2.24) is 4.98 Å². The molecule has 0 saturated heterocycles. The Kier molecular flexibility index (Phi) is 4.28. The molecular weight excluding hydrogens is 357 g/mol. The summed E-state index contributed by atoms with van der Waals surface area (Å²) in [5.74, 6) is 0. The molecule has 3 aromatic carbocycles. The highest BCUT2D eigenvalue weighted by molar-refractivity contribution is 7.97. The number of para-hydroxylation sites is 1. The lowest BCUT2D eigenvalue weighted by atomic mass is 10.2. The number of aromatic amines is 1. The van der Waals surface area contributed by atoms with E-state index in [-0.39, 0.29) is 10.9 Å². The number of hydrogen-bond donors (Lipinski definition) is 1. The van der Waals surface area contributed by atoms with Gasteiger partial charge in [0.1, 0.15) is 10.9 Å². The monoisotopic (exact) mass is 370 g/mol. The zero-order valence-electron chi connectivity index (χ0n) is 12.7. The van der Waals surface area contributed by atoms with Gasteiger partial charge in [0.2, 0.25) is 0 Å². The molecule has 0 unspecified atom stereocenters. The maximum Gasteiger partial charge on any atom is 0.191 e. The van der Waals surface area contributed by atoms with E-state index in [2.05, 4.69) is 53.6 Å². The number of fused-ring (bicyclic) bond motifs is 1. The van der Waals surface area contributed by atoms with E-state index in [0.29, 0.717) is 0 Å². The fraction of sp³-hybridized carbons (Fsp3) is 0. The summed E-state index contributed by atoms with van der Waals surface area (Å²) in [7, 11) is -0.223. The Morgan fingerprint density at radius 3 is 1.79 bits per heavy atom. The Labute approximate surface area is 153 Å². The molecule has 0 aliphatic heterocycles. The third-order valence-electron chi connectivity index (χ3n) is 3.87. The van der Waals surface area contributed by atoms with Gasteiger partial charge in [-0.15, -0.1) is 0 Å². The lowest BCUT2D eigenvalue weighted by molar-refractivity contribution is 1.32. The summed E-state index contributed by atoms with van der Waals surface area (Å²) >= 11 is 12.2. The van der Waals surface area contributed by atoms with Crippen molar-refractivity contribution < 1.29 is 0 Å². The molecule has 4 rings (SSSR count). The van der Waals surface area contributed by atoms with E-state index in [1.807, 2.05) is 30.3 Å². The molecule has 118 valence electrons. The summed E-state index contributed by atoms with van der Waals surface area (Å²) in [5.41, 5.74) is 1.15. The van der Waals surface area contributed by atoms with Crippen molar-refractivity contribution in [2.24, 2.45) is 0 Å². The predicted molar refractivity (Wildman–Crippen MR) is 103 cm³/mol. The van der Waals surface area contributed by atoms with Crippen LogP contribution in [0.3, 0.4) is 0 Å². The molecule has 0 spiro atoms. The molecular formula is C20H14Cl2NS+. The molecule has 0 atom stereocenters. The Balaban J connectivity index is 1.93. The van der Waals surface area contributed by atoms with E-state index in [4.69, 9.17) is 23.2 Å². The molecule has 0 aliphatic rings. The van der Waals surface area contributed by atoms with E-state index >= 15 is 0 Å². The number of hydrogen-bond acceptors (Lipinski definition) is 0. The summed E-state index contributed by atoms with van der Waals surface area (Å²) in [6.07, 6.45) is 2.11. The van der Waals surface area contributed by atoms with Gasteiger partial charge in [-0.05, 0) is 60.7 Å². The summed E-state index contributed by atoms with van der Waals surface area (Å²) in [6, 6.07) is 24.6. The average molecular weight is 371 g/mol. The third-order valence-corrected chi connectivity index (χ3v) is 6.64. The first-order valence-electron chi connectivity index (χ1n) is 7.54. The highest BCUT2D eigenvalue weighted by atomic mass is 35.5. The summed E-state index contributed by atoms with van der Waals surface area (Å²) in [5, 5.41) is 2.74. The first kappa shape index (κ1) is 15.6. The second-order valence-corrected chi connectivity index (χ2v) is 8.28. The van der Waals surface area contributed by atoms with Crippen molar-refractivity contribution >= 4 is 45.0 Å². The van der Waals surface area contributed by atoms with Crippen LogP contribution in [0.2, 0.25) is 10.0 Å². The zero-order chi connectivity index (χ0) is 16.5. The summed E-state index contributed by atoms with van der Waals surface area (Å²) < 4.78 is 0. The molecule has 4 aromatic rings. The second-order valence-electron chi connectivity index (χ2n) is 5.41. The molecule has 0 amide bonds. The van der Waals surface area contributed by atoms with Crippen LogP contribution in [0.4, 0.5) is 0 Å². The molecule has 0 fully saturated rings. The Hall–Kier alpha value is -1.87. The SMILES string of the molecule is Clc1ccc([S+](c2ccc(Cl)cc2)c2c[nH]c3ccccc23)cc1. The van der Waals surface area contributed by atoms with Gasteiger partial charge < -0.3 is 4.98 Å². The number of aromatic nitrogens is 1. The molecule has 24 heavy (non-hydrogen) atoms. The maximum absolute atomic E-state index is 6.08. The standard InChI is InChI=1S/C20H14Cl2NS/c21-14-5-9-16(10-6-14)24(17-11-7-15(22)8-12-17)20-13-23-19-4-2-1-3-18(19)20/h1-13,23H/q+1. The van der Waals surface area contributed by atoms with E-state index in [9.17, 15) is 0 Å². The van der Waals surface area contributed by atoms with Crippen molar-refractivity contribution in [2.45, 2.75) is 14.7 Å². The Morgan fingerprint density at radius 2 is 1.21 bits per heavy atom. The van der Waals surface area contributed by atoms with Crippen LogP contribution in [-0.2, 0) is 10.9 Å². The van der Waals surface area contributed by atoms with E-state index in [0.717, 1.165) is 15.6 Å². The van der Waals surface area contributed by atoms with Crippen molar-refractivity contribution in [3.63, 3.8) is 0 Å². The molecule has 1 aromatic heterocycles. The number of halogens is 2. The first-order valence-corrected chi connectivity index (χ1v) is 9.52. The van der Waals surface area contributed by atoms with Gasteiger partial charge >= 0.3 is 0 Å². The topological polar surface area (TPSA) is 15.8 Å². The highest BCUT2D eigenvalue weighted by Gasteiger charge is 2.31. The molecule has 1 nitrogen and oxygen atoms in total. The maximum atomic E-state index is 6.08. The van der Waals surface area contributed by atoms with Crippen LogP contribution in [0.15, 0.2) is 93.7 Å². The smallest absolute Gasteiger partial charge is 0.191 e. The van der Waals surface area contributed by atoms with Crippen LogP contribution < -0.4 is 0 Å². The van der Waals surface area contributed by atoms with Crippen molar-refractivity contribution in [2.75, 3.05) is 0 Å². The van der Waals surface area contributed by atoms with Crippen molar-refractivity contribution in [3.8, 4) is 0 Å². The molecule has 0 saturated carbocycles. The van der Waals surface area contributed by atoms with Gasteiger partial charge in [0, 0.05) is 10.0 Å². The number of benzene rings is 3. The molecule has 4 heteroatoms. The molecule has 0 aliphatic carbocycles. The van der Waals surface area contributed by atoms with Crippen molar-refractivity contribution in [3.05, 3.63) is 89.0 Å². The fourth-order valence-electron chi connectivity index (χ4n) is 2.75. The highest BCUT2D eigenvalue weighted by Crippen LogP contribution is 2.36. The minimum absolute atomic E-state index is 0.223. The van der Waals surface area contributed by atoms with E-state index in [1.54, 1.807) is 0 Å². The second kappa shape index (κ2) is 6.56. The van der Waals surface area contributed by atoms with Crippen LogP contribution in [0.5, 0.6) is 0 Å². The molecule has 1 N–H and O–H groups in total. The third kappa shape index (κ3) is 2.93. The lowest BCUT2D eigenvalue weighted by Crippen LogP contribution is -2.04. The van der Waals surface area contributed by atoms with Gasteiger partial charge in [0.25, 0.3) is 0 Å². The van der Waals surface area contributed by atoms with Crippen LogP contribution in [0.25, 0.3) is 10.9 Å². The van der Waals surface area contributed by atoms with Gasteiger partial charge in [-0.25, -0.2) is 0 Å². The van der Waals surface area contributed by atoms with Gasteiger partial charge in [0.15, 0.2) is 14.7 Å². The predicted octanol–water partition coefficient (Wildman–Crippen LogP) is 6.57. The number of H-pyrrole nitrogens is 1. The van der Waals surface area contributed by atoms with Crippen LogP contribution in [0, 0.1) is 0 Å². The van der Waals surface area contributed by atoms with Gasteiger partial charge in [-0.1, -0.05) is 35.3 Å². The number of nitrogens with one attached hydrogen (secondary N) is 1. The first-order chi connectivity index (χ1) is 11.7. The summed E-state index contributed by atoms with van der Waals surface area (Å²) in [4.78, 5) is 7.12. The van der Waals surface area contributed by atoms with Crippen LogP contribution >= 0.6 is 23.2 Å². The molecule has 1 heterocycles. The zero-order valence-corrected chi connectivity index (χ0v) is 15.0. The summed E-state index contributed by atoms with van der Waals surface area (Å²) in [6.45, 7) is 0. The van der Waals surface area contributed by atoms with Gasteiger partial charge in [-0.3, -0.25) is 0 Å². The van der Waals surface area contributed by atoms with Crippen LogP contribution in [-0.4, -0.2) is 4.98 Å². The number of rotatable bonds is 3. The lowest BCUT2D eigenvalue weighted by Gasteiger charge is -2.07. The Bertz CT molecular complexity index is 929. The normalized spacial score (nSPS) is 11.3. The quantitative estimate of drug-likeness (QED) is 0.392. The fourth-order valence-corrected chi connectivity index (χ4v) is 5.17. The van der Waals surface area contributed by atoms with Crippen LogP contribution in [0.1, 0.15) is 0 Å².